The molecular weight excluding hydrogens is 359 g/mol. The lowest BCUT2D eigenvalue weighted by atomic mass is 9.44. The van der Waals surface area contributed by atoms with Gasteiger partial charge in [-0.3, -0.25) is 9.59 Å². The fourth-order valence-electron chi connectivity index (χ4n) is 7.41. The molecule has 4 rings (SSSR count). The summed E-state index contributed by atoms with van der Waals surface area (Å²) in [5.41, 5.74) is -4.61. The Hall–Kier alpha value is -1.33. The van der Waals surface area contributed by atoms with Crippen molar-refractivity contribution in [3.8, 4) is 0 Å². The number of allylic oxidation sites excluding steroid dienone is 4. The molecular formula is C23H31FO4. The molecule has 0 aromatic carbocycles. The van der Waals surface area contributed by atoms with E-state index >= 15 is 4.39 Å². The lowest BCUT2D eigenvalue weighted by molar-refractivity contribution is -0.218. The molecule has 0 bridgehead atoms. The van der Waals surface area contributed by atoms with E-state index in [1.807, 2.05) is 13.8 Å². The van der Waals surface area contributed by atoms with Crippen LogP contribution in [-0.2, 0) is 9.59 Å². The third-order valence-corrected chi connectivity index (χ3v) is 8.97. The van der Waals surface area contributed by atoms with E-state index in [4.69, 9.17) is 0 Å². The Balaban J connectivity index is 1.84. The summed E-state index contributed by atoms with van der Waals surface area (Å²) in [5, 5.41) is 22.7. The van der Waals surface area contributed by atoms with E-state index in [9.17, 15) is 19.8 Å². The van der Waals surface area contributed by atoms with Crippen LogP contribution in [0, 0.1) is 28.6 Å². The van der Waals surface area contributed by atoms with Crippen LogP contribution in [0.15, 0.2) is 23.8 Å². The summed E-state index contributed by atoms with van der Waals surface area (Å²) in [6, 6.07) is 0. The summed E-state index contributed by atoms with van der Waals surface area (Å²) in [7, 11) is 0. The van der Waals surface area contributed by atoms with Crippen LogP contribution in [0.1, 0.15) is 59.8 Å². The molecule has 3 fully saturated rings. The van der Waals surface area contributed by atoms with Gasteiger partial charge in [-0.2, -0.15) is 0 Å². The molecule has 0 radical (unpaired) electrons. The van der Waals surface area contributed by atoms with Gasteiger partial charge in [-0.25, -0.2) is 4.39 Å². The van der Waals surface area contributed by atoms with E-state index in [-0.39, 0.29) is 36.2 Å². The monoisotopic (exact) mass is 390 g/mol. The maximum absolute atomic E-state index is 16.9. The molecule has 0 heterocycles. The van der Waals surface area contributed by atoms with Gasteiger partial charge in [0.1, 0.15) is 5.60 Å². The standard InChI is InChI=1S/C23H31FO4/c1-5-18(26)23(28)13(2)10-17-16-7-6-14-11-15(25)8-9-20(14,3)22(16,24)19(27)12-21(17,23)4/h8-9,11,13,16-17,19,27-28H,5-7,10,12H2,1-4H3/t13-,16-,17?,19-,20-,21-,22?,23-/m0/s1. The molecule has 2 N–H and O–H groups in total. The highest BCUT2D eigenvalue weighted by molar-refractivity contribution is 6.01. The predicted octanol–water partition coefficient (Wildman–Crippen LogP) is 3.31. The highest BCUT2D eigenvalue weighted by atomic mass is 19.1. The van der Waals surface area contributed by atoms with E-state index < -0.39 is 34.1 Å². The Labute approximate surface area is 165 Å². The lowest BCUT2D eigenvalue weighted by Gasteiger charge is -2.62. The largest absolute Gasteiger partial charge is 0.390 e. The number of aliphatic hydroxyl groups excluding tert-OH is 1. The number of carbonyl (C=O) groups excluding carboxylic acids is 2. The van der Waals surface area contributed by atoms with Gasteiger partial charge in [-0.1, -0.05) is 32.4 Å². The second kappa shape index (κ2) is 5.85. The van der Waals surface area contributed by atoms with Crippen molar-refractivity contribution in [1.82, 2.24) is 0 Å². The van der Waals surface area contributed by atoms with Gasteiger partial charge in [0.05, 0.1) is 6.10 Å². The number of aliphatic hydroxyl groups is 2. The van der Waals surface area contributed by atoms with Crippen LogP contribution in [0.3, 0.4) is 0 Å². The second-order valence-corrected chi connectivity index (χ2v) is 9.94. The summed E-state index contributed by atoms with van der Waals surface area (Å²) in [6.07, 6.45) is 5.18. The zero-order chi connectivity index (χ0) is 20.7. The Morgan fingerprint density at radius 2 is 2.00 bits per heavy atom. The van der Waals surface area contributed by atoms with Gasteiger partial charge in [0.15, 0.2) is 17.2 Å². The second-order valence-electron chi connectivity index (χ2n) is 9.94. The predicted molar refractivity (Wildman–Crippen MR) is 103 cm³/mol. The third kappa shape index (κ3) is 2.02. The fraction of sp³-hybridized carbons (Fsp3) is 0.739. The molecule has 154 valence electrons. The number of carbonyl (C=O) groups is 2. The average molecular weight is 390 g/mol. The topological polar surface area (TPSA) is 74.6 Å². The van der Waals surface area contributed by atoms with Crippen LogP contribution < -0.4 is 0 Å². The first-order valence-corrected chi connectivity index (χ1v) is 10.5. The molecule has 0 aromatic heterocycles. The summed E-state index contributed by atoms with van der Waals surface area (Å²) in [6.45, 7) is 7.26. The van der Waals surface area contributed by atoms with Crippen molar-refractivity contribution in [2.45, 2.75) is 77.2 Å². The molecule has 4 nitrogen and oxygen atoms in total. The maximum Gasteiger partial charge on any atom is 0.178 e. The maximum atomic E-state index is 16.9. The van der Waals surface area contributed by atoms with Crippen molar-refractivity contribution in [2.75, 3.05) is 0 Å². The zero-order valence-electron chi connectivity index (χ0n) is 17.2. The SMILES string of the molecule is CCC(=O)[C@@]1(O)[C@@H](C)CC2[C@@H]3CCC4=CC(=O)C=C[C@]4(C)C3(F)[C@@H](O)C[C@@]21C. The third-order valence-electron chi connectivity index (χ3n) is 8.97. The molecule has 0 saturated heterocycles. The van der Waals surface area contributed by atoms with Crippen molar-refractivity contribution in [3.63, 3.8) is 0 Å². The quantitative estimate of drug-likeness (QED) is 0.759. The molecule has 0 aliphatic heterocycles. The summed E-state index contributed by atoms with van der Waals surface area (Å²) >= 11 is 0. The summed E-state index contributed by atoms with van der Waals surface area (Å²) in [4.78, 5) is 24.7. The van der Waals surface area contributed by atoms with E-state index in [0.29, 0.717) is 19.3 Å². The van der Waals surface area contributed by atoms with E-state index in [0.717, 1.165) is 5.57 Å². The molecule has 8 atom stereocenters. The highest BCUT2D eigenvalue weighted by Gasteiger charge is 2.75. The van der Waals surface area contributed by atoms with Crippen LogP contribution in [-0.4, -0.2) is 39.2 Å². The van der Waals surface area contributed by atoms with Gasteiger partial charge >= 0.3 is 0 Å². The normalized spacial score (nSPS) is 52.5. The molecule has 3 saturated carbocycles. The minimum absolute atomic E-state index is 0.0436. The molecule has 4 aliphatic rings. The first-order valence-electron chi connectivity index (χ1n) is 10.5. The van der Waals surface area contributed by atoms with Crippen LogP contribution in [0.4, 0.5) is 4.39 Å². The van der Waals surface area contributed by atoms with Gasteiger partial charge in [-0.05, 0) is 56.6 Å². The molecule has 0 aromatic rings. The van der Waals surface area contributed by atoms with Gasteiger partial charge in [0, 0.05) is 23.2 Å². The lowest BCUT2D eigenvalue weighted by Crippen LogP contribution is -2.69. The zero-order valence-corrected chi connectivity index (χ0v) is 17.2. The molecule has 5 heteroatoms. The van der Waals surface area contributed by atoms with Gasteiger partial charge in [-0.15, -0.1) is 0 Å². The van der Waals surface area contributed by atoms with Crippen molar-refractivity contribution >= 4 is 11.6 Å². The number of ketones is 2. The van der Waals surface area contributed by atoms with Crippen molar-refractivity contribution < 1.29 is 24.2 Å². The minimum atomic E-state index is -1.92. The number of fused-ring (bicyclic) bond motifs is 5. The fourth-order valence-corrected chi connectivity index (χ4v) is 7.41. The molecule has 4 aliphatic carbocycles. The molecule has 2 unspecified atom stereocenters. The summed E-state index contributed by atoms with van der Waals surface area (Å²) < 4.78 is 16.9. The Morgan fingerprint density at radius 1 is 1.32 bits per heavy atom. The van der Waals surface area contributed by atoms with Crippen molar-refractivity contribution in [2.24, 2.45) is 28.6 Å². The number of halogens is 1. The number of Topliss-reactive ketones (excluding diaryl/α,β-unsaturated/α-hetero) is 1. The van der Waals surface area contributed by atoms with Gasteiger partial charge < -0.3 is 10.2 Å². The van der Waals surface area contributed by atoms with Crippen LogP contribution in [0.5, 0.6) is 0 Å². The average Bonchev–Trinajstić information content (AvgIpc) is 2.84. The first-order chi connectivity index (χ1) is 13.0. The number of hydrogen-bond acceptors (Lipinski definition) is 4. The van der Waals surface area contributed by atoms with E-state index in [1.54, 1.807) is 19.9 Å². The van der Waals surface area contributed by atoms with Crippen LogP contribution in [0.25, 0.3) is 0 Å². The minimum Gasteiger partial charge on any atom is -0.390 e. The molecule has 28 heavy (non-hydrogen) atoms. The smallest absolute Gasteiger partial charge is 0.178 e. The number of rotatable bonds is 2. The number of alkyl halides is 1. The number of hydrogen-bond donors (Lipinski definition) is 2. The van der Waals surface area contributed by atoms with E-state index in [2.05, 4.69) is 0 Å². The van der Waals surface area contributed by atoms with Crippen molar-refractivity contribution in [3.05, 3.63) is 23.8 Å². The van der Waals surface area contributed by atoms with Crippen LogP contribution >= 0.6 is 0 Å². The Kier molecular flexibility index (Phi) is 4.17. The molecule has 0 amide bonds. The molecule has 0 spiro atoms. The summed E-state index contributed by atoms with van der Waals surface area (Å²) in [5.74, 6) is -1.29. The van der Waals surface area contributed by atoms with Crippen LogP contribution in [0.2, 0.25) is 0 Å². The van der Waals surface area contributed by atoms with E-state index in [1.165, 1.54) is 12.2 Å². The Morgan fingerprint density at radius 3 is 2.64 bits per heavy atom. The van der Waals surface area contributed by atoms with Gasteiger partial charge in [0.2, 0.25) is 0 Å². The first kappa shape index (κ1) is 20.0. The van der Waals surface area contributed by atoms with Crippen molar-refractivity contribution in [1.29, 1.82) is 0 Å². The van der Waals surface area contributed by atoms with Gasteiger partial charge in [0.25, 0.3) is 0 Å². The Bertz CT molecular complexity index is 802. The highest BCUT2D eigenvalue weighted by Crippen LogP contribution is 2.70.